The molecule has 7 heteroatoms. The molecule has 2 aliphatic heterocycles. The number of likely N-dealkylation sites (tertiary alicyclic amines) is 1. The van der Waals surface area contributed by atoms with E-state index in [0.717, 1.165) is 44.8 Å². The highest BCUT2D eigenvalue weighted by Crippen LogP contribution is 2.39. The summed E-state index contributed by atoms with van der Waals surface area (Å²) in [5.41, 5.74) is 1.40. The Bertz CT molecular complexity index is 1030. The number of carbonyl (C=O) groups excluding carboxylic acids is 2. The van der Waals surface area contributed by atoms with Crippen LogP contribution in [-0.4, -0.2) is 72.1 Å². The zero-order chi connectivity index (χ0) is 24.1. The zero-order valence-electron chi connectivity index (χ0n) is 19.8. The van der Waals surface area contributed by atoms with Crippen LogP contribution in [0.5, 0.6) is 5.75 Å². The Morgan fingerprint density at radius 1 is 1.03 bits per heavy atom. The molecule has 1 atom stereocenters. The number of rotatable bonds is 8. The molecule has 2 aromatic rings. The fourth-order valence-corrected chi connectivity index (χ4v) is 4.50. The summed E-state index contributed by atoms with van der Waals surface area (Å²) in [6.07, 6.45) is 0.762. The summed E-state index contributed by atoms with van der Waals surface area (Å²) in [4.78, 5) is 30.1. The third-order valence-electron chi connectivity index (χ3n) is 6.13. The van der Waals surface area contributed by atoms with Crippen LogP contribution in [0.4, 0.5) is 0 Å². The van der Waals surface area contributed by atoms with E-state index >= 15 is 0 Å². The first kappa shape index (κ1) is 24.0. The molecule has 0 aromatic heterocycles. The van der Waals surface area contributed by atoms with E-state index in [1.54, 1.807) is 29.2 Å². The molecule has 4 rings (SSSR count). The first-order valence-electron chi connectivity index (χ1n) is 11.9. The van der Waals surface area contributed by atoms with E-state index in [1.165, 1.54) is 0 Å². The second-order valence-electron chi connectivity index (χ2n) is 8.90. The summed E-state index contributed by atoms with van der Waals surface area (Å²) >= 11 is 0. The minimum atomic E-state index is -0.653. The topological polar surface area (TPSA) is 79.3 Å². The number of nitrogens with zero attached hydrogens (tertiary/aromatic N) is 2. The first-order chi connectivity index (χ1) is 16.5. The van der Waals surface area contributed by atoms with E-state index in [0.29, 0.717) is 17.9 Å². The average molecular weight is 465 g/mol. The number of amides is 1. The number of ketones is 1. The van der Waals surface area contributed by atoms with Gasteiger partial charge in [-0.3, -0.25) is 14.5 Å². The summed E-state index contributed by atoms with van der Waals surface area (Å²) < 4.78 is 11.1. The fourth-order valence-electron chi connectivity index (χ4n) is 4.50. The molecule has 2 fully saturated rings. The molecular weight excluding hydrogens is 432 g/mol. The fraction of sp³-hybridized carbons (Fsp3) is 0.407. The second-order valence-corrected chi connectivity index (χ2v) is 8.90. The van der Waals surface area contributed by atoms with E-state index < -0.39 is 17.7 Å². The van der Waals surface area contributed by atoms with Crippen LogP contribution in [-0.2, 0) is 14.3 Å². The molecule has 2 aromatic carbocycles. The zero-order valence-corrected chi connectivity index (χ0v) is 19.8. The number of morpholine rings is 1. The summed E-state index contributed by atoms with van der Waals surface area (Å²) in [5, 5.41) is 11.2. The second kappa shape index (κ2) is 10.8. The Morgan fingerprint density at radius 2 is 1.71 bits per heavy atom. The Morgan fingerprint density at radius 3 is 2.35 bits per heavy atom. The molecule has 1 amide bonds. The van der Waals surface area contributed by atoms with Crippen molar-refractivity contribution in [3.63, 3.8) is 0 Å². The van der Waals surface area contributed by atoms with Crippen molar-refractivity contribution in [2.75, 3.05) is 39.4 Å². The van der Waals surface area contributed by atoms with Crippen LogP contribution < -0.4 is 4.74 Å². The largest absolute Gasteiger partial charge is 0.507 e. The number of benzene rings is 2. The van der Waals surface area contributed by atoms with Crippen LogP contribution in [0.3, 0.4) is 0 Å². The van der Waals surface area contributed by atoms with Gasteiger partial charge in [-0.15, -0.1) is 0 Å². The smallest absolute Gasteiger partial charge is 0.295 e. The van der Waals surface area contributed by atoms with Gasteiger partial charge >= 0.3 is 0 Å². The van der Waals surface area contributed by atoms with Gasteiger partial charge in [-0.05, 0) is 50.1 Å². The predicted octanol–water partition coefficient (Wildman–Crippen LogP) is 3.62. The molecule has 1 N–H and O–H groups in total. The highest BCUT2D eigenvalue weighted by Gasteiger charge is 2.45. The maximum atomic E-state index is 13.1. The predicted molar refractivity (Wildman–Crippen MR) is 130 cm³/mol. The van der Waals surface area contributed by atoms with Crippen molar-refractivity contribution in [2.24, 2.45) is 0 Å². The Labute approximate surface area is 200 Å². The van der Waals surface area contributed by atoms with E-state index in [4.69, 9.17) is 9.47 Å². The van der Waals surface area contributed by atoms with Crippen LogP contribution in [0.15, 0.2) is 60.2 Å². The van der Waals surface area contributed by atoms with Gasteiger partial charge < -0.3 is 19.5 Å². The molecule has 2 aliphatic rings. The van der Waals surface area contributed by atoms with Gasteiger partial charge in [-0.2, -0.15) is 0 Å². The molecule has 7 nitrogen and oxygen atoms in total. The number of Topliss-reactive ketones (excluding diaryl/α,β-unsaturated/α-hetero) is 1. The third-order valence-corrected chi connectivity index (χ3v) is 6.13. The molecule has 1 unspecified atom stereocenters. The van der Waals surface area contributed by atoms with Gasteiger partial charge in [0.05, 0.1) is 30.9 Å². The lowest BCUT2D eigenvalue weighted by atomic mass is 9.95. The number of hydrogen-bond donors (Lipinski definition) is 1. The van der Waals surface area contributed by atoms with Gasteiger partial charge in [0.25, 0.3) is 11.7 Å². The number of hydrogen-bond acceptors (Lipinski definition) is 6. The lowest BCUT2D eigenvalue weighted by Gasteiger charge is -2.29. The van der Waals surface area contributed by atoms with Crippen molar-refractivity contribution in [3.05, 3.63) is 71.3 Å². The van der Waals surface area contributed by atoms with Crippen molar-refractivity contribution in [3.8, 4) is 5.75 Å². The van der Waals surface area contributed by atoms with Crippen LogP contribution in [0, 0.1) is 0 Å². The summed E-state index contributed by atoms with van der Waals surface area (Å²) in [6, 6.07) is 15.7. The van der Waals surface area contributed by atoms with Gasteiger partial charge in [0.1, 0.15) is 11.5 Å². The highest BCUT2D eigenvalue weighted by atomic mass is 16.5. The Balaban J connectivity index is 1.62. The van der Waals surface area contributed by atoms with Crippen molar-refractivity contribution in [1.29, 1.82) is 0 Å². The van der Waals surface area contributed by atoms with E-state index in [2.05, 4.69) is 4.90 Å². The minimum absolute atomic E-state index is 0.0281. The number of aliphatic hydroxyl groups is 1. The summed E-state index contributed by atoms with van der Waals surface area (Å²) in [6.45, 7) is 8.31. The van der Waals surface area contributed by atoms with Crippen molar-refractivity contribution >= 4 is 17.4 Å². The first-order valence-corrected chi connectivity index (χ1v) is 11.9. The lowest BCUT2D eigenvalue weighted by Crippen LogP contribution is -2.38. The minimum Gasteiger partial charge on any atom is -0.507 e. The molecule has 0 saturated carbocycles. The van der Waals surface area contributed by atoms with Crippen molar-refractivity contribution in [1.82, 2.24) is 9.80 Å². The van der Waals surface area contributed by atoms with E-state index in [9.17, 15) is 14.7 Å². The van der Waals surface area contributed by atoms with Gasteiger partial charge in [-0.1, -0.05) is 30.3 Å². The lowest BCUT2D eigenvalue weighted by molar-refractivity contribution is -0.140. The maximum absolute atomic E-state index is 13.1. The maximum Gasteiger partial charge on any atom is 0.295 e. The van der Waals surface area contributed by atoms with E-state index in [-0.39, 0.29) is 17.4 Å². The molecule has 180 valence electrons. The Kier molecular flexibility index (Phi) is 7.65. The summed E-state index contributed by atoms with van der Waals surface area (Å²) in [7, 11) is 0. The number of aliphatic hydroxyl groups excluding tert-OH is 1. The van der Waals surface area contributed by atoms with E-state index in [1.807, 2.05) is 44.2 Å². The number of carbonyl (C=O) groups is 2. The monoisotopic (exact) mass is 464 g/mol. The highest BCUT2D eigenvalue weighted by molar-refractivity contribution is 6.46. The molecule has 0 bridgehead atoms. The molecule has 0 aliphatic carbocycles. The van der Waals surface area contributed by atoms with Gasteiger partial charge in [0, 0.05) is 31.7 Å². The van der Waals surface area contributed by atoms with Gasteiger partial charge in [0.15, 0.2) is 0 Å². The molecule has 2 heterocycles. The van der Waals surface area contributed by atoms with Crippen molar-refractivity contribution in [2.45, 2.75) is 32.4 Å². The van der Waals surface area contributed by atoms with Gasteiger partial charge in [-0.25, -0.2) is 0 Å². The van der Waals surface area contributed by atoms with Crippen LogP contribution in [0.2, 0.25) is 0 Å². The normalized spacial score (nSPS) is 20.8. The Hall–Kier alpha value is -3.16. The SMILES string of the molecule is CC(C)Oc1ccc(C(O)=C2C(=O)C(=O)N(CCCN3CCOCC3)C2c2ccccc2)cc1. The quantitative estimate of drug-likeness (QED) is 0.365. The molecule has 34 heavy (non-hydrogen) atoms. The molecule has 2 saturated heterocycles. The van der Waals surface area contributed by atoms with Gasteiger partial charge in [0.2, 0.25) is 0 Å². The van der Waals surface area contributed by atoms with Crippen LogP contribution in [0.25, 0.3) is 5.76 Å². The average Bonchev–Trinajstić information content (AvgIpc) is 3.10. The standard InChI is InChI=1S/C27H32N2O5/c1-19(2)34-22-11-9-21(10-12-22)25(30)23-24(20-7-4-3-5-8-20)29(27(32)26(23)31)14-6-13-28-15-17-33-18-16-28/h3-5,7-12,19,24,30H,6,13-18H2,1-2H3. The molecular formula is C27H32N2O5. The molecule has 0 radical (unpaired) electrons. The molecule has 0 spiro atoms. The van der Waals surface area contributed by atoms with Crippen molar-refractivity contribution < 1.29 is 24.2 Å². The summed E-state index contributed by atoms with van der Waals surface area (Å²) in [5.74, 6) is -0.717. The number of ether oxygens (including phenoxy) is 2. The van der Waals surface area contributed by atoms with Crippen LogP contribution >= 0.6 is 0 Å². The van der Waals surface area contributed by atoms with Crippen LogP contribution in [0.1, 0.15) is 37.4 Å². The third kappa shape index (κ3) is 5.32.